The number of unbranched alkanes of at least 4 members (excludes halogenated alkanes) is 1. The summed E-state index contributed by atoms with van der Waals surface area (Å²) in [7, 11) is 0. The Morgan fingerprint density at radius 3 is 2.22 bits per heavy atom. The summed E-state index contributed by atoms with van der Waals surface area (Å²) in [5.41, 5.74) is 1.58. The van der Waals surface area contributed by atoms with Gasteiger partial charge in [-0.25, -0.2) is 4.79 Å². The predicted molar refractivity (Wildman–Crippen MR) is 91.2 cm³/mol. The van der Waals surface area contributed by atoms with Gasteiger partial charge in [0, 0.05) is 12.2 Å². The number of rotatable bonds is 7. The van der Waals surface area contributed by atoms with Crippen molar-refractivity contribution in [2.75, 3.05) is 17.2 Å². The Morgan fingerprint density at radius 2 is 1.57 bits per heavy atom. The molecular weight excluding hydrogens is 292 g/mol. The molecule has 5 nitrogen and oxygen atoms in total. The third-order valence-electron chi connectivity index (χ3n) is 3.42. The number of hydrogen-bond acceptors (Lipinski definition) is 3. The number of amides is 1. The summed E-state index contributed by atoms with van der Waals surface area (Å²) in [6.45, 7) is 2.88. The highest BCUT2D eigenvalue weighted by atomic mass is 16.4. The fourth-order valence-corrected chi connectivity index (χ4v) is 2.20. The highest BCUT2D eigenvalue weighted by molar-refractivity contribution is 6.10. The zero-order valence-corrected chi connectivity index (χ0v) is 13.0. The smallest absolute Gasteiger partial charge is 0.337 e. The predicted octanol–water partition coefficient (Wildman–Crippen LogP) is 3.85. The standard InChI is InChI=1S/C18H20N2O3/c1-2-3-12-19-15-10-6-4-8-13(15)17(21)20-16-11-7-5-9-14(16)18(22)23/h4-11,19H,2-3,12H2,1H3,(H,20,21)(H,22,23). The highest BCUT2D eigenvalue weighted by Gasteiger charge is 2.15. The molecule has 0 fully saturated rings. The maximum Gasteiger partial charge on any atom is 0.337 e. The minimum Gasteiger partial charge on any atom is -0.478 e. The quantitative estimate of drug-likeness (QED) is 0.679. The molecular formula is C18H20N2O3. The number of carboxylic acid groups (broad SMARTS) is 1. The molecule has 3 N–H and O–H groups in total. The van der Waals surface area contributed by atoms with Crippen LogP contribution in [-0.4, -0.2) is 23.5 Å². The number of aromatic carboxylic acids is 1. The van der Waals surface area contributed by atoms with Crippen molar-refractivity contribution in [2.24, 2.45) is 0 Å². The van der Waals surface area contributed by atoms with Crippen LogP contribution in [0.2, 0.25) is 0 Å². The lowest BCUT2D eigenvalue weighted by atomic mass is 10.1. The molecule has 0 aliphatic heterocycles. The summed E-state index contributed by atoms with van der Waals surface area (Å²) in [6.07, 6.45) is 2.07. The molecule has 0 bridgehead atoms. The first-order valence-electron chi connectivity index (χ1n) is 7.60. The third kappa shape index (κ3) is 4.32. The lowest BCUT2D eigenvalue weighted by Gasteiger charge is -2.13. The van der Waals surface area contributed by atoms with Crippen molar-refractivity contribution >= 4 is 23.3 Å². The van der Waals surface area contributed by atoms with E-state index in [2.05, 4.69) is 17.6 Å². The van der Waals surface area contributed by atoms with Gasteiger partial charge in [0.05, 0.1) is 16.8 Å². The van der Waals surface area contributed by atoms with Crippen LogP contribution in [0.15, 0.2) is 48.5 Å². The molecule has 0 aliphatic carbocycles. The van der Waals surface area contributed by atoms with E-state index in [0.29, 0.717) is 5.56 Å². The van der Waals surface area contributed by atoms with Crippen LogP contribution in [0.1, 0.15) is 40.5 Å². The Hall–Kier alpha value is -2.82. The number of carboxylic acids is 1. The lowest BCUT2D eigenvalue weighted by Crippen LogP contribution is -2.17. The minimum atomic E-state index is -1.07. The number of benzene rings is 2. The monoisotopic (exact) mass is 312 g/mol. The van der Waals surface area contributed by atoms with E-state index < -0.39 is 5.97 Å². The summed E-state index contributed by atoms with van der Waals surface area (Å²) in [5.74, 6) is -1.41. The Balaban J connectivity index is 2.20. The second-order valence-electron chi connectivity index (χ2n) is 5.13. The van der Waals surface area contributed by atoms with E-state index in [1.165, 1.54) is 6.07 Å². The van der Waals surface area contributed by atoms with E-state index in [1.54, 1.807) is 30.3 Å². The summed E-state index contributed by atoms with van der Waals surface area (Å²) < 4.78 is 0. The van der Waals surface area contributed by atoms with Gasteiger partial charge in [-0.1, -0.05) is 37.6 Å². The van der Waals surface area contributed by atoms with Crippen LogP contribution >= 0.6 is 0 Å². The van der Waals surface area contributed by atoms with Gasteiger partial charge in [-0.3, -0.25) is 4.79 Å². The molecule has 0 aromatic heterocycles. The van der Waals surface area contributed by atoms with Gasteiger partial charge < -0.3 is 15.7 Å². The summed E-state index contributed by atoms with van der Waals surface area (Å²) in [4.78, 5) is 23.7. The van der Waals surface area contributed by atoms with Crippen molar-refractivity contribution in [1.29, 1.82) is 0 Å². The maximum atomic E-state index is 12.5. The average molecular weight is 312 g/mol. The number of nitrogens with one attached hydrogen (secondary N) is 2. The van der Waals surface area contributed by atoms with Crippen molar-refractivity contribution in [3.63, 3.8) is 0 Å². The van der Waals surface area contributed by atoms with Gasteiger partial charge >= 0.3 is 5.97 Å². The largest absolute Gasteiger partial charge is 0.478 e. The van der Waals surface area contributed by atoms with Gasteiger partial charge in [-0.2, -0.15) is 0 Å². The molecule has 120 valence electrons. The molecule has 2 aromatic carbocycles. The van der Waals surface area contributed by atoms with Gasteiger partial charge in [-0.05, 0) is 30.7 Å². The van der Waals surface area contributed by atoms with E-state index in [-0.39, 0.29) is 17.2 Å². The Bertz CT molecular complexity index is 698. The van der Waals surface area contributed by atoms with Gasteiger partial charge in [0.1, 0.15) is 0 Å². The number of carbonyl (C=O) groups is 2. The second kappa shape index (κ2) is 7.98. The summed E-state index contributed by atoms with van der Waals surface area (Å²) in [5, 5.41) is 15.1. The van der Waals surface area contributed by atoms with Crippen LogP contribution in [0, 0.1) is 0 Å². The van der Waals surface area contributed by atoms with Crippen molar-refractivity contribution in [3.8, 4) is 0 Å². The van der Waals surface area contributed by atoms with Crippen LogP contribution in [0.3, 0.4) is 0 Å². The first-order valence-corrected chi connectivity index (χ1v) is 7.60. The number of para-hydroxylation sites is 2. The van der Waals surface area contributed by atoms with Crippen molar-refractivity contribution in [1.82, 2.24) is 0 Å². The Kier molecular flexibility index (Phi) is 5.74. The van der Waals surface area contributed by atoms with E-state index in [1.807, 2.05) is 12.1 Å². The van der Waals surface area contributed by atoms with Crippen LogP contribution in [-0.2, 0) is 0 Å². The minimum absolute atomic E-state index is 0.0669. The SMILES string of the molecule is CCCCNc1ccccc1C(=O)Nc1ccccc1C(=O)O. The van der Waals surface area contributed by atoms with Crippen LogP contribution in [0.5, 0.6) is 0 Å². The molecule has 0 saturated heterocycles. The first kappa shape index (κ1) is 16.5. The Labute approximate surface area is 135 Å². The fourth-order valence-electron chi connectivity index (χ4n) is 2.20. The van der Waals surface area contributed by atoms with Crippen LogP contribution in [0.25, 0.3) is 0 Å². The van der Waals surface area contributed by atoms with Gasteiger partial charge in [0.2, 0.25) is 0 Å². The molecule has 0 aliphatic rings. The molecule has 0 unspecified atom stereocenters. The van der Waals surface area contributed by atoms with Gasteiger partial charge in [-0.15, -0.1) is 0 Å². The lowest BCUT2D eigenvalue weighted by molar-refractivity contribution is 0.0698. The fraction of sp³-hybridized carbons (Fsp3) is 0.222. The van der Waals surface area contributed by atoms with Crippen LogP contribution in [0.4, 0.5) is 11.4 Å². The molecule has 0 spiro atoms. The molecule has 1 amide bonds. The molecule has 0 saturated carbocycles. The highest BCUT2D eigenvalue weighted by Crippen LogP contribution is 2.20. The second-order valence-corrected chi connectivity index (χ2v) is 5.13. The maximum absolute atomic E-state index is 12.5. The van der Waals surface area contributed by atoms with E-state index >= 15 is 0 Å². The molecule has 23 heavy (non-hydrogen) atoms. The summed E-state index contributed by atoms with van der Waals surface area (Å²) in [6, 6.07) is 13.5. The molecule has 0 heterocycles. The number of carbonyl (C=O) groups excluding carboxylic acids is 1. The first-order chi connectivity index (χ1) is 11.1. The van der Waals surface area contributed by atoms with Crippen molar-refractivity contribution in [2.45, 2.75) is 19.8 Å². The van der Waals surface area contributed by atoms with Crippen molar-refractivity contribution in [3.05, 3.63) is 59.7 Å². The zero-order valence-electron chi connectivity index (χ0n) is 13.0. The van der Waals surface area contributed by atoms with Gasteiger partial charge in [0.15, 0.2) is 0 Å². The topological polar surface area (TPSA) is 78.4 Å². The van der Waals surface area contributed by atoms with E-state index in [9.17, 15) is 14.7 Å². The van der Waals surface area contributed by atoms with E-state index in [0.717, 1.165) is 25.1 Å². The van der Waals surface area contributed by atoms with Crippen molar-refractivity contribution < 1.29 is 14.7 Å². The molecule has 5 heteroatoms. The number of anilines is 2. The molecule has 2 rings (SSSR count). The average Bonchev–Trinajstić information content (AvgIpc) is 2.56. The summed E-state index contributed by atoms with van der Waals surface area (Å²) >= 11 is 0. The van der Waals surface area contributed by atoms with Gasteiger partial charge in [0.25, 0.3) is 5.91 Å². The zero-order chi connectivity index (χ0) is 16.7. The molecule has 0 radical (unpaired) electrons. The van der Waals surface area contributed by atoms with Crippen LogP contribution < -0.4 is 10.6 Å². The molecule has 0 atom stereocenters. The Morgan fingerprint density at radius 1 is 0.957 bits per heavy atom. The molecule has 2 aromatic rings. The normalized spacial score (nSPS) is 10.1. The third-order valence-corrected chi connectivity index (χ3v) is 3.42. The number of hydrogen-bond donors (Lipinski definition) is 3. The van der Waals surface area contributed by atoms with E-state index in [4.69, 9.17) is 0 Å².